The normalized spacial score (nSPS) is 12.4. The number of hydrogen-bond acceptors (Lipinski definition) is 5. The van der Waals surface area contributed by atoms with E-state index >= 15 is 0 Å². The first-order valence-corrected chi connectivity index (χ1v) is 8.67. The van der Waals surface area contributed by atoms with Crippen LogP contribution < -0.4 is 0 Å². The van der Waals surface area contributed by atoms with E-state index in [0.29, 0.717) is 23.5 Å². The molecule has 0 amide bonds. The highest BCUT2D eigenvalue weighted by Gasteiger charge is 2.36. The Balaban J connectivity index is 1.99. The Morgan fingerprint density at radius 1 is 1.17 bits per heavy atom. The first-order chi connectivity index (χ1) is 13.4. The Hall–Kier alpha value is -3.24. The minimum Gasteiger partial charge on any atom is -0.266 e. The summed E-state index contributed by atoms with van der Waals surface area (Å²) in [6.45, 7) is 7.61. The monoisotopic (exact) mass is 408 g/mol. The van der Waals surface area contributed by atoms with Crippen LogP contribution in [-0.2, 0) is 18.1 Å². The standard InChI is InChI=1S/C18H19F3N6O2/c1-11-7-12(5-6-13(11)27(28)29)8-25-9-14(15(23-25)17(2,3)4)26-10-22-16(24-26)18(19,20)21/h5-7,9-10H,8H2,1-4H3. The van der Waals surface area contributed by atoms with Crippen molar-refractivity contribution in [1.82, 2.24) is 24.5 Å². The summed E-state index contributed by atoms with van der Waals surface area (Å²) in [5, 5.41) is 19.0. The van der Waals surface area contributed by atoms with E-state index in [4.69, 9.17) is 0 Å². The second kappa shape index (κ2) is 6.98. The SMILES string of the molecule is Cc1cc(Cn2cc(-n3cnc(C(F)(F)F)n3)c(C(C)(C)C)n2)ccc1[N+](=O)[O-]. The number of halogens is 3. The van der Waals surface area contributed by atoms with Gasteiger partial charge < -0.3 is 0 Å². The van der Waals surface area contributed by atoms with Gasteiger partial charge in [-0.25, -0.2) is 9.67 Å². The molecule has 0 aliphatic carbocycles. The summed E-state index contributed by atoms with van der Waals surface area (Å²) in [4.78, 5) is 13.9. The summed E-state index contributed by atoms with van der Waals surface area (Å²) in [7, 11) is 0. The van der Waals surface area contributed by atoms with E-state index in [1.807, 2.05) is 20.8 Å². The zero-order chi connectivity index (χ0) is 21.6. The topological polar surface area (TPSA) is 91.7 Å². The highest BCUT2D eigenvalue weighted by Crippen LogP contribution is 2.30. The van der Waals surface area contributed by atoms with E-state index in [0.717, 1.165) is 16.6 Å². The number of benzene rings is 1. The van der Waals surface area contributed by atoms with E-state index < -0.39 is 22.3 Å². The summed E-state index contributed by atoms with van der Waals surface area (Å²) in [6.07, 6.45) is -2.04. The molecule has 0 aliphatic heterocycles. The summed E-state index contributed by atoms with van der Waals surface area (Å²) < 4.78 is 41.2. The van der Waals surface area contributed by atoms with Crippen molar-refractivity contribution in [3.8, 4) is 5.69 Å². The van der Waals surface area contributed by atoms with Gasteiger partial charge in [0, 0.05) is 17.0 Å². The third kappa shape index (κ3) is 4.28. The summed E-state index contributed by atoms with van der Waals surface area (Å²) in [5.41, 5.74) is 1.79. The molecule has 0 unspecified atom stereocenters. The van der Waals surface area contributed by atoms with Crippen molar-refractivity contribution < 1.29 is 18.1 Å². The van der Waals surface area contributed by atoms with Crippen molar-refractivity contribution in [3.05, 3.63) is 63.5 Å². The van der Waals surface area contributed by atoms with Crippen LogP contribution in [0.2, 0.25) is 0 Å². The molecule has 0 N–H and O–H groups in total. The fourth-order valence-corrected chi connectivity index (χ4v) is 2.91. The average molecular weight is 408 g/mol. The lowest BCUT2D eigenvalue weighted by Gasteiger charge is -2.17. The Bertz CT molecular complexity index is 1060. The molecule has 154 valence electrons. The van der Waals surface area contributed by atoms with Crippen molar-refractivity contribution in [2.45, 2.75) is 45.8 Å². The van der Waals surface area contributed by atoms with Crippen molar-refractivity contribution in [2.75, 3.05) is 0 Å². The molecule has 2 heterocycles. The first-order valence-electron chi connectivity index (χ1n) is 8.67. The van der Waals surface area contributed by atoms with Gasteiger partial charge in [-0.3, -0.25) is 14.8 Å². The lowest BCUT2D eigenvalue weighted by molar-refractivity contribution is -0.385. The Labute approximate surface area is 164 Å². The van der Waals surface area contributed by atoms with Crippen molar-refractivity contribution in [1.29, 1.82) is 0 Å². The predicted molar refractivity (Wildman–Crippen MR) is 97.8 cm³/mol. The highest BCUT2D eigenvalue weighted by atomic mass is 19.4. The first kappa shape index (κ1) is 20.5. The van der Waals surface area contributed by atoms with Crippen LogP contribution in [-0.4, -0.2) is 29.5 Å². The van der Waals surface area contributed by atoms with E-state index in [1.54, 1.807) is 29.9 Å². The van der Waals surface area contributed by atoms with Crippen molar-refractivity contribution >= 4 is 5.69 Å². The molecular weight excluding hydrogens is 389 g/mol. The van der Waals surface area contributed by atoms with E-state index in [1.165, 1.54) is 6.07 Å². The van der Waals surface area contributed by atoms with Crippen molar-refractivity contribution in [2.24, 2.45) is 0 Å². The highest BCUT2D eigenvalue weighted by molar-refractivity contribution is 5.42. The molecule has 11 heteroatoms. The number of nitrogens with zero attached hydrogens (tertiary/aromatic N) is 6. The Morgan fingerprint density at radius 2 is 1.86 bits per heavy atom. The van der Waals surface area contributed by atoms with Gasteiger partial charge in [0.25, 0.3) is 11.5 Å². The molecule has 0 bridgehead atoms. The molecule has 3 aromatic rings. The summed E-state index contributed by atoms with van der Waals surface area (Å²) >= 11 is 0. The molecule has 0 aliphatic rings. The van der Waals surface area contributed by atoms with Gasteiger partial charge in [0.1, 0.15) is 12.0 Å². The van der Waals surface area contributed by atoms with Gasteiger partial charge in [0.05, 0.1) is 23.4 Å². The number of alkyl halides is 3. The molecule has 0 saturated heterocycles. The lowest BCUT2D eigenvalue weighted by atomic mass is 9.91. The molecule has 0 radical (unpaired) electrons. The summed E-state index contributed by atoms with van der Waals surface area (Å²) in [5.74, 6) is -1.23. The predicted octanol–water partition coefficient (Wildman–Crippen LogP) is 4.05. The minimum atomic E-state index is -4.64. The number of rotatable bonds is 4. The molecule has 3 rings (SSSR count). The maximum absolute atomic E-state index is 12.9. The number of nitro benzene ring substituents is 1. The molecule has 0 saturated carbocycles. The lowest BCUT2D eigenvalue weighted by Crippen LogP contribution is -2.16. The number of nitro groups is 1. The van der Waals surface area contributed by atoms with Gasteiger partial charge in [-0.15, -0.1) is 5.10 Å². The van der Waals surface area contributed by atoms with E-state index in [2.05, 4.69) is 15.2 Å². The second-order valence-corrected chi connectivity index (χ2v) is 7.70. The fraction of sp³-hybridized carbons (Fsp3) is 0.389. The zero-order valence-electron chi connectivity index (χ0n) is 16.2. The molecule has 0 fully saturated rings. The van der Waals surface area contributed by atoms with Crippen LogP contribution in [0.15, 0.2) is 30.7 Å². The molecule has 1 aromatic carbocycles. The Kier molecular flexibility index (Phi) is 4.93. The van der Waals surface area contributed by atoms with Crippen LogP contribution in [0.3, 0.4) is 0 Å². The summed E-state index contributed by atoms with van der Waals surface area (Å²) in [6, 6.07) is 4.74. The van der Waals surface area contributed by atoms with Crippen LogP contribution in [0.1, 0.15) is 43.4 Å². The number of aromatic nitrogens is 5. The fourth-order valence-electron chi connectivity index (χ4n) is 2.91. The largest absolute Gasteiger partial charge is 0.453 e. The number of aryl methyl sites for hydroxylation is 1. The molecular formula is C18H19F3N6O2. The van der Waals surface area contributed by atoms with Gasteiger partial charge in [-0.2, -0.15) is 18.3 Å². The van der Waals surface area contributed by atoms with Gasteiger partial charge in [-0.1, -0.05) is 26.8 Å². The van der Waals surface area contributed by atoms with Crippen LogP contribution in [0.25, 0.3) is 5.69 Å². The third-order valence-electron chi connectivity index (χ3n) is 4.25. The van der Waals surface area contributed by atoms with E-state index in [-0.39, 0.29) is 5.69 Å². The third-order valence-corrected chi connectivity index (χ3v) is 4.25. The number of hydrogen-bond donors (Lipinski definition) is 0. The van der Waals surface area contributed by atoms with Gasteiger partial charge in [0.2, 0.25) is 0 Å². The molecule has 8 nitrogen and oxygen atoms in total. The smallest absolute Gasteiger partial charge is 0.266 e. The average Bonchev–Trinajstić information content (AvgIpc) is 3.20. The van der Waals surface area contributed by atoms with E-state index in [9.17, 15) is 23.3 Å². The molecule has 29 heavy (non-hydrogen) atoms. The Morgan fingerprint density at radius 3 is 2.38 bits per heavy atom. The van der Waals surface area contributed by atoms with Crippen molar-refractivity contribution in [3.63, 3.8) is 0 Å². The van der Waals surface area contributed by atoms with Crippen LogP contribution >= 0.6 is 0 Å². The quantitative estimate of drug-likeness (QED) is 0.480. The van der Waals surface area contributed by atoms with Gasteiger partial charge >= 0.3 is 6.18 Å². The molecule has 0 atom stereocenters. The molecule has 2 aromatic heterocycles. The second-order valence-electron chi connectivity index (χ2n) is 7.70. The van der Waals surface area contributed by atoms with Gasteiger partial charge in [-0.05, 0) is 18.6 Å². The maximum atomic E-state index is 12.9. The minimum absolute atomic E-state index is 0.0209. The van der Waals surface area contributed by atoms with Crippen LogP contribution in [0.4, 0.5) is 18.9 Å². The van der Waals surface area contributed by atoms with Gasteiger partial charge in [0.15, 0.2) is 0 Å². The van der Waals surface area contributed by atoms with Crippen LogP contribution in [0, 0.1) is 17.0 Å². The zero-order valence-corrected chi connectivity index (χ0v) is 16.2. The van der Waals surface area contributed by atoms with Crippen LogP contribution in [0.5, 0.6) is 0 Å². The molecule has 0 spiro atoms. The maximum Gasteiger partial charge on any atom is 0.453 e.